The zero-order chi connectivity index (χ0) is 18.5. The zero-order valence-electron chi connectivity index (χ0n) is 15.5. The van der Waals surface area contributed by atoms with Gasteiger partial charge < -0.3 is 20.4 Å². The van der Waals surface area contributed by atoms with Crippen molar-refractivity contribution < 1.29 is 9.53 Å². The van der Waals surface area contributed by atoms with Gasteiger partial charge in [-0.3, -0.25) is 4.79 Å². The summed E-state index contributed by atoms with van der Waals surface area (Å²) in [6.07, 6.45) is 6.22. The SMILES string of the molecule is COc1ccc(C)c2cc(CCNC(=O)NC3CCCCC3)c(=O)[nH]c12. The highest BCUT2D eigenvalue weighted by Gasteiger charge is 2.15. The highest BCUT2D eigenvalue weighted by molar-refractivity contribution is 5.87. The van der Waals surface area contributed by atoms with Gasteiger partial charge in [-0.05, 0) is 43.9 Å². The van der Waals surface area contributed by atoms with Gasteiger partial charge in [0.15, 0.2) is 0 Å². The highest BCUT2D eigenvalue weighted by atomic mass is 16.5. The molecule has 0 unspecified atom stereocenters. The summed E-state index contributed by atoms with van der Waals surface area (Å²) in [4.78, 5) is 27.3. The summed E-state index contributed by atoms with van der Waals surface area (Å²) in [6.45, 7) is 2.43. The topological polar surface area (TPSA) is 83.2 Å². The van der Waals surface area contributed by atoms with Crippen molar-refractivity contribution in [2.45, 2.75) is 51.5 Å². The maximum atomic E-state index is 12.4. The number of hydrogen-bond donors (Lipinski definition) is 3. The van der Waals surface area contributed by atoms with Crippen LogP contribution in [0.3, 0.4) is 0 Å². The van der Waals surface area contributed by atoms with Crippen LogP contribution in [-0.4, -0.2) is 30.7 Å². The van der Waals surface area contributed by atoms with Gasteiger partial charge in [0.2, 0.25) is 0 Å². The number of nitrogens with one attached hydrogen (secondary N) is 3. The average molecular weight is 357 g/mol. The van der Waals surface area contributed by atoms with Gasteiger partial charge in [-0.1, -0.05) is 25.3 Å². The van der Waals surface area contributed by atoms with Crippen LogP contribution in [0.5, 0.6) is 5.75 Å². The van der Waals surface area contributed by atoms with Crippen molar-refractivity contribution in [1.82, 2.24) is 15.6 Å². The van der Waals surface area contributed by atoms with Crippen LogP contribution >= 0.6 is 0 Å². The summed E-state index contributed by atoms with van der Waals surface area (Å²) in [5, 5.41) is 6.85. The maximum Gasteiger partial charge on any atom is 0.315 e. The van der Waals surface area contributed by atoms with Crippen LogP contribution in [-0.2, 0) is 6.42 Å². The van der Waals surface area contributed by atoms with E-state index in [4.69, 9.17) is 4.74 Å². The van der Waals surface area contributed by atoms with E-state index in [2.05, 4.69) is 15.6 Å². The number of aryl methyl sites for hydroxylation is 1. The average Bonchev–Trinajstić information content (AvgIpc) is 2.64. The number of amides is 2. The molecule has 3 N–H and O–H groups in total. The molecule has 140 valence electrons. The lowest BCUT2D eigenvalue weighted by molar-refractivity contribution is 0.233. The number of H-pyrrole nitrogens is 1. The Morgan fingerprint density at radius 1 is 1.27 bits per heavy atom. The molecule has 1 aromatic heterocycles. The number of carbonyl (C=O) groups is 1. The second-order valence-corrected chi connectivity index (χ2v) is 6.98. The number of fused-ring (bicyclic) bond motifs is 1. The fourth-order valence-electron chi connectivity index (χ4n) is 3.60. The molecular weight excluding hydrogens is 330 g/mol. The summed E-state index contributed by atoms with van der Waals surface area (Å²) in [6, 6.07) is 5.85. The van der Waals surface area contributed by atoms with Gasteiger partial charge in [0.05, 0.1) is 12.6 Å². The third kappa shape index (κ3) is 4.18. The van der Waals surface area contributed by atoms with Crippen molar-refractivity contribution in [2.75, 3.05) is 13.7 Å². The molecular formula is C20H27N3O3. The third-order valence-electron chi connectivity index (χ3n) is 5.11. The number of urea groups is 1. The minimum absolute atomic E-state index is 0.143. The largest absolute Gasteiger partial charge is 0.495 e. The monoisotopic (exact) mass is 357 g/mol. The van der Waals surface area contributed by atoms with E-state index >= 15 is 0 Å². The van der Waals surface area contributed by atoms with E-state index in [1.807, 2.05) is 25.1 Å². The molecule has 6 heteroatoms. The minimum Gasteiger partial charge on any atom is -0.495 e. The van der Waals surface area contributed by atoms with Crippen LogP contribution in [0.15, 0.2) is 23.0 Å². The summed E-state index contributed by atoms with van der Waals surface area (Å²) in [5.41, 5.74) is 2.30. The maximum absolute atomic E-state index is 12.4. The van der Waals surface area contributed by atoms with Crippen molar-refractivity contribution in [3.05, 3.63) is 39.7 Å². The smallest absolute Gasteiger partial charge is 0.315 e. The zero-order valence-corrected chi connectivity index (χ0v) is 15.5. The number of hydrogen-bond acceptors (Lipinski definition) is 3. The molecule has 3 rings (SSSR count). The summed E-state index contributed by atoms with van der Waals surface area (Å²) in [5.74, 6) is 0.652. The predicted molar refractivity (Wildman–Crippen MR) is 103 cm³/mol. The van der Waals surface area contributed by atoms with E-state index in [1.54, 1.807) is 7.11 Å². The van der Waals surface area contributed by atoms with E-state index in [-0.39, 0.29) is 17.6 Å². The fourth-order valence-corrected chi connectivity index (χ4v) is 3.60. The number of ether oxygens (including phenoxy) is 1. The molecule has 2 amide bonds. The van der Waals surface area contributed by atoms with Crippen LogP contribution in [0.2, 0.25) is 0 Å². The number of benzene rings is 1. The number of pyridine rings is 1. The molecule has 0 saturated heterocycles. The molecule has 1 saturated carbocycles. The normalized spacial score (nSPS) is 15.0. The Morgan fingerprint density at radius 3 is 2.77 bits per heavy atom. The van der Waals surface area contributed by atoms with Crippen LogP contribution < -0.4 is 20.9 Å². The summed E-state index contributed by atoms with van der Waals surface area (Å²) >= 11 is 0. The standard InChI is InChI=1S/C20H27N3O3/c1-13-8-9-17(26-2)18-16(13)12-14(19(24)23-18)10-11-21-20(25)22-15-6-4-3-5-7-15/h8-9,12,15H,3-7,10-11H2,1-2H3,(H,23,24)(H2,21,22,25). The Balaban J connectivity index is 1.63. The first kappa shape index (κ1) is 18.3. The van der Waals surface area contributed by atoms with Gasteiger partial charge in [-0.25, -0.2) is 4.79 Å². The lowest BCUT2D eigenvalue weighted by Gasteiger charge is -2.22. The Kier molecular flexibility index (Phi) is 5.81. The molecule has 1 aliphatic rings. The van der Waals surface area contributed by atoms with E-state index in [9.17, 15) is 9.59 Å². The molecule has 6 nitrogen and oxygen atoms in total. The second kappa shape index (κ2) is 8.25. The van der Waals surface area contributed by atoms with Crippen molar-refractivity contribution in [1.29, 1.82) is 0 Å². The van der Waals surface area contributed by atoms with Crippen LogP contribution in [0, 0.1) is 6.92 Å². The fraction of sp³-hybridized carbons (Fsp3) is 0.500. The predicted octanol–water partition coefficient (Wildman–Crippen LogP) is 3.02. The molecule has 0 radical (unpaired) electrons. The molecule has 1 aromatic carbocycles. The molecule has 0 aliphatic heterocycles. The van der Waals surface area contributed by atoms with E-state index in [1.165, 1.54) is 19.3 Å². The minimum atomic E-state index is -0.146. The van der Waals surface area contributed by atoms with Crippen LogP contribution in [0.1, 0.15) is 43.2 Å². The van der Waals surface area contributed by atoms with Crippen LogP contribution in [0.4, 0.5) is 4.79 Å². The molecule has 0 bridgehead atoms. The molecule has 1 fully saturated rings. The van der Waals surface area contributed by atoms with Crippen molar-refractivity contribution in [3.63, 3.8) is 0 Å². The van der Waals surface area contributed by atoms with Crippen molar-refractivity contribution in [2.24, 2.45) is 0 Å². The number of aromatic amines is 1. The van der Waals surface area contributed by atoms with Gasteiger partial charge in [-0.15, -0.1) is 0 Å². The van der Waals surface area contributed by atoms with Gasteiger partial charge in [0.1, 0.15) is 5.75 Å². The molecule has 26 heavy (non-hydrogen) atoms. The van der Waals surface area contributed by atoms with E-state index in [0.29, 0.717) is 29.8 Å². The summed E-state index contributed by atoms with van der Waals surface area (Å²) < 4.78 is 5.33. The molecule has 0 atom stereocenters. The van der Waals surface area contributed by atoms with Gasteiger partial charge in [0, 0.05) is 23.5 Å². The number of aromatic nitrogens is 1. The quantitative estimate of drug-likeness (QED) is 0.769. The molecule has 1 aliphatic carbocycles. The second-order valence-electron chi connectivity index (χ2n) is 6.98. The Morgan fingerprint density at radius 2 is 2.04 bits per heavy atom. The van der Waals surface area contributed by atoms with Crippen LogP contribution in [0.25, 0.3) is 10.9 Å². The highest BCUT2D eigenvalue weighted by Crippen LogP contribution is 2.25. The first-order valence-corrected chi connectivity index (χ1v) is 9.32. The third-order valence-corrected chi connectivity index (χ3v) is 5.11. The van der Waals surface area contributed by atoms with Gasteiger partial charge in [0.25, 0.3) is 5.56 Å². The van der Waals surface area contributed by atoms with E-state index < -0.39 is 0 Å². The number of rotatable bonds is 5. The molecule has 2 aromatic rings. The first-order chi connectivity index (χ1) is 12.6. The van der Waals surface area contributed by atoms with Crippen molar-refractivity contribution >= 4 is 16.9 Å². The Hall–Kier alpha value is -2.50. The molecule has 1 heterocycles. The Labute approximate surface area is 153 Å². The van der Waals surface area contributed by atoms with Gasteiger partial charge >= 0.3 is 6.03 Å². The van der Waals surface area contributed by atoms with Gasteiger partial charge in [-0.2, -0.15) is 0 Å². The van der Waals surface area contributed by atoms with Crippen molar-refractivity contribution in [3.8, 4) is 5.75 Å². The lowest BCUT2D eigenvalue weighted by Crippen LogP contribution is -2.43. The lowest BCUT2D eigenvalue weighted by atomic mass is 9.96. The molecule has 0 spiro atoms. The van der Waals surface area contributed by atoms with E-state index in [0.717, 1.165) is 23.8 Å². The number of methoxy groups -OCH3 is 1. The first-order valence-electron chi connectivity index (χ1n) is 9.32. The summed E-state index contributed by atoms with van der Waals surface area (Å²) in [7, 11) is 1.59. The number of carbonyl (C=O) groups excluding carboxylic acids is 1. The Bertz CT molecular complexity index is 838.